The number of ether oxygens (including phenoxy) is 8. The minimum atomic E-state index is -0.798. The molecule has 11 heteroatoms. The Labute approximate surface area is 304 Å². The highest BCUT2D eigenvalue weighted by molar-refractivity contribution is 9.10. The lowest BCUT2D eigenvalue weighted by molar-refractivity contribution is -0.202. The summed E-state index contributed by atoms with van der Waals surface area (Å²) in [4.78, 5) is 2.31. The predicted octanol–water partition coefficient (Wildman–Crippen LogP) is 7.12. The molecule has 0 bridgehead atoms. The molecule has 2 aromatic rings. The molecule has 2 saturated heterocycles. The van der Waals surface area contributed by atoms with E-state index in [0.717, 1.165) is 96.5 Å². The molecule has 0 amide bonds. The summed E-state index contributed by atoms with van der Waals surface area (Å²) >= 11 is 3.57. The van der Waals surface area contributed by atoms with Crippen molar-refractivity contribution >= 4 is 21.6 Å². The Morgan fingerprint density at radius 1 is 0.592 bits per heavy atom. The summed E-state index contributed by atoms with van der Waals surface area (Å²) in [7, 11) is 10.0. The van der Waals surface area contributed by atoms with Gasteiger partial charge in [0.05, 0.1) is 50.8 Å². The molecule has 10 nitrogen and oxygen atoms in total. The molecule has 280 valence electrons. The molecule has 49 heavy (non-hydrogen) atoms. The van der Waals surface area contributed by atoms with Crippen LogP contribution in [0.25, 0.3) is 0 Å². The minimum absolute atomic E-state index is 0.0355. The van der Waals surface area contributed by atoms with Gasteiger partial charge in [-0.15, -0.1) is 0 Å². The smallest absolute Gasteiger partial charge is 0.191 e. The molecule has 0 spiro atoms. The summed E-state index contributed by atoms with van der Waals surface area (Å²) in [6.45, 7) is 23.8. The van der Waals surface area contributed by atoms with E-state index in [9.17, 15) is 0 Å². The van der Waals surface area contributed by atoms with E-state index in [-0.39, 0.29) is 10.8 Å². The van der Waals surface area contributed by atoms with Crippen LogP contribution in [-0.4, -0.2) is 95.3 Å². The van der Waals surface area contributed by atoms with Crippen molar-refractivity contribution in [2.45, 2.75) is 77.8 Å². The Balaban J connectivity index is 0.000000295. The van der Waals surface area contributed by atoms with Gasteiger partial charge < -0.3 is 48.1 Å². The average Bonchev–Trinajstić information content (AvgIpc) is 3.10. The van der Waals surface area contributed by atoms with Crippen LogP contribution >= 0.6 is 15.9 Å². The fourth-order valence-electron chi connectivity index (χ4n) is 5.46. The van der Waals surface area contributed by atoms with Gasteiger partial charge in [-0.2, -0.15) is 0 Å². The van der Waals surface area contributed by atoms with E-state index in [4.69, 9.17) is 37.9 Å². The molecule has 0 aliphatic carbocycles. The lowest BCUT2D eigenvalue weighted by Crippen LogP contribution is -2.37. The number of methoxy groups -OCH3 is 6. The first-order valence-electron chi connectivity index (χ1n) is 16.9. The van der Waals surface area contributed by atoms with E-state index in [2.05, 4.69) is 85.9 Å². The maximum atomic E-state index is 5.83. The molecule has 0 saturated carbocycles. The number of hydrogen-bond donors (Lipinski definition) is 1. The summed E-state index contributed by atoms with van der Waals surface area (Å²) in [5, 5.41) is 3.16. The van der Waals surface area contributed by atoms with Gasteiger partial charge in [0.25, 0.3) is 0 Å². The molecule has 0 aromatic heterocycles. The summed E-state index contributed by atoms with van der Waals surface area (Å²) in [6, 6.07) is 8.31. The maximum absolute atomic E-state index is 5.83. The largest absolute Gasteiger partial charge is 0.495 e. The molecule has 0 atom stereocenters. The van der Waals surface area contributed by atoms with E-state index in [0.29, 0.717) is 0 Å². The second-order valence-corrected chi connectivity index (χ2v) is 15.1. The zero-order valence-electron chi connectivity index (χ0n) is 32.6. The summed E-state index contributed by atoms with van der Waals surface area (Å²) in [5.74, 6) is 0.204. The van der Waals surface area contributed by atoms with E-state index >= 15 is 0 Å². The van der Waals surface area contributed by atoms with Crippen LogP contribution in [0, 0.1) is 0 Å². The number of benzene rings is 2. The topological polar surface area (TPSA) is 89.1 Å². The van der Waals surface area contributed by atoms with Crippen molar-refractivity contribution in [2.24, 2.45) is 0 Å². The molecule has 1 N–H and O–H groups in total. The Morgan fingerprint density at radius 2 is 1.00 bits per heavy atom. The van der Waals surface area contributed by atoms with Crippen molar-refractivity contribution in [3.63, 3.8) is 0 Å². The van der Waals surface area contributed by atoms with E-state index in [1.54, 1.807) is 42.7 Å². The SMILES string of the molecule is C1COCCN1.COc1c(Br)cc(C(C)(OC)OC)cc1C(C)(C)C.COc1c(N2CCOCC2)cc(C(C)(OC)OC)cc1C(C)(C)C. The van der Waals surface area contributed by atoms with Crippen molar-refractivity contribution in [1.29, 1.82) is 0 Å². The first-order valence-corrected chi connectivity index (χ1v) is 17.7. The van der Waals surface area contributed by atoms with Gasteiger partial charge in [0.2, 0.25) is 0 Å². The molecule has 0 unspecified atom stereocenters. The van der Waals surface area contributed by atoms with Gasteiger partial charge >= 0.3 is 0 Å². The van der Waals surface area contributed by atoms with Gasteiger partial charge in [0.1, 0.15) is 11.5 Å². The first kappa shape index (κ1) is 43.2. The Kier molecular flexibility index (Phi) is 16.8. The van der Waals surface area contributed by atoms with Crippen molar-refractivity contribution in [3.05, 3.63) is 51.0 Å². The van der Waals surface area contributed by atoms with Crippen LogP contribution in [0.1, 0.15) is 77.6 Å². The first-order chi connectivity index (χ1) is 23.0. The summed E-state index contributed by atoms with van der Waals surface area (Å²) in [6.07, 6.45) is 0. The second kappa shape index (κ2) is 19.0. The third-order valence-corrected chi connectivity index (χ3v) is 9.53. The van der Waals surface area contributed by atoms with Crippen LogP contribution in [0.15, 0.2) is 28.7 Å². The lowest BCUT2D eigenvalue weighted by atomic mass is 9.83. The summed E-state index contributed by atoms with van der Waals surface area (Å²) in [5.41, 5.74) is 5.17. The van der Waals surface area contributed by atoms with Crippen LogP contribution in [0.5, 0.6) is 11.5 Å². The van der Waals surface area contributed by atoms with Crippen molar-refractivity contribution in [3.8, 4) is 11.5 Å². The van der Waals surface area contributed by atoms with E-state index < -0.39 is 11.6 Å². The number of morpholine rings is 2. The molecule has 2 aliphatic heterocycles. The van der Waals surface area contributed by atoms with Crippen LogP contribution in [0.4, 0.5) is 5.69 Å². The average molecular weight is 756 g/mol. The van der Waals surface area contributed by atoms with E-state index in [1.807, 2.05) is 19.9 Å². The normalized spacial score (nSPS) is 15.9. The standard InChI is InChI=1S/C19H31NO4.C15H23BrO3.C4H9NO/c1-18(2,3)15-12-14(19(4,22-6)23-7)13-16(17(15)21-5)20-8-10-24-11-9-20;1-14(2,3)11-8-10(15(4,18-6)19-7)9-12(16)13(11)17-5;1-3-6-4-2-5-1/h12-13H,8-11H2,1-7H3;8-9H,1-7H3;5H,1-4H2. The molecule has 2 heterocycles. The molecular formula is C38H63BrN2O8. The number of anilines is 1. The molecular weight excluding hydrogens is 692 g/mol. The number of nitrogens with one attached hydrogen (secondary N) is 1. The molecule has 4 rings (SSSR count). The van der Waals surface area contributed by atoms with Crippen LogP contribution in [0.2, 0.25) is 0 Å². The Bertz CT molecular complexity index is 1280. The quantitative estimate of drug-likeness (QED) is 0.267. The molecule has 2 aromatic carbocycles. The number of rotatable bonds is 9. The van der Waals surface area contributed by atoms with Crippen LogP contribution in [0.3, 0.4) is 0 Å². The molecule has 2 fully saturated rings. The fraction of sp³-hybridized carbons (Fsp3) is 0.684. The zero-order chi connectivity index (χ0) is 37.0. The monoisotopic (exact) mass is 754 g/mol. The van der Waals surface area contributed by atoms with Gasteiger partial charge in [-0.25, -0.2) is 0 Å². The van der Waals surface area contributed by atoms with Gasteiger partial charge in [0, 0.05) is 76.9 Å². The Hall–Kier alpha value is -1.96. The maximum Gasteiger partial charge on any atom is 0.191 e. The highest BCUT2D eigenvalue weighted by atomic mass is 79.9. The number of hydrogen-bond acceptors (Lipinski definition) is 10. The highest BCUT2D eigenvalue weighted by Gasteiger charge is 2.33. The van der Waals surface area contributed by atoms with Crippen LogP contribution < -0.4 is 19.7 Å². The van der Waals surface area contributed by atoms with Crippen molar-refractivity contribution in [2.75, 3.05) is 100 Å². The van der Waals surface area contributed by atoms with Gasteiger partial charge in [0.15, 0.2) is 11.6 Å². The molecule has 0 radical (unpaired) electrons. The fourth-order valence-corrected chi connectivity index (χ4v) is 6.08. The zero-order valence-corrected chi connectivity index (χ0v) is 34.1. The van der Waals surface area contributed by atoms with Crippen LogP contribution in [-0.2, 0) is 50.8 Å². The van der Waals surface area contributed by atoms with E-state index in [1.165, 1.54) is 0 Å². The van der Waals surface area contributed by atoms with Crippen molar-refractivity contribution < 1.29 is 37.9 Å². The van der Waals surface area contributed by atoms with Gasteiger partial charge in [-0.3, -0.25) is 0 Å². The third-order valence-electron chi connectivity index (χ3n) is 8.94. The highest BCUT2D eigenvalue weighted by Crippen LogP contribution is 2.44. The number of nitrogens with zero attached hydrogens (tertiary/aromatic N) is 1. The third kappa shape index (κ3) is 11.5. The van der Waals surface area contributed by atoms with Gasteiger partial charge in [-0.05, 0) is 64.9 Å². The Morgan fingerprint density at radius 3 is 1.35 bits per heavy atom. The van der Waals surface area contributed by atoms with Gasteiger partial charge in [-0.1, -0.05) is 41.5 Å². The lowest BCUT2D eigenvalue weighted by Gasteiger charge is -2.35. The summed E-state index contributed by atoms with van der Waals surface area (Å²) < 4.78 is 45.0. The minimum Gasteiger partial charge on any atom is -0.495 e. The predicted molar refractivity (Wildman–Crippen MR) is 201 cm³/mol. The number of halogens is 1. The second-order valence-electron chi connectivity index (χ2n) is 14.3. The van der Waals surface area contributed by atoms with Crippen molar-refractivity contribution in [1.82, 2.24) is 5.32 Å². The molecule has 2 aliphatic rings.